The topological polar surface area (TPSA) is 31.4 Å². The molecule has 0 spiro atoms. The van der Waals surface area contributed by atoms with Crippen LogP contribution in [0.25, 0.3) is 0 Å². The van der Waals surface area contributed by atoms with Crippen molar-refractivity contribution in [2.45, 2.75) is 57.2 Å². The van der Waals surface area contributed by atoms with E-state index in [9.17, 15) is 0 Å². The number of hydrogen-bond acceptors (Lipinski definition) is 4. The average Bonchev–Trinajstić information content (AvgIpc) is 2.75. The van der Waals surface area contributed by atoms with Crippen molar-refractivity contribution < 1.29 is 0 Å². The molecule has 0 saturated carbocycles. The number of aryl methyl sites for hydroxylation is 1. The molecular weight excluding hydrogens is 356 g/mol. The van der Waals surface area contributed by atoms with Crippen LogP contribution in [0.15, 0.2) is 42.6 Å². The summed E-state index contributed by atoms with van der Waals surface area (Å²) in [5.74, 6) is 0. The van der Waals surface area contributed by atoms with E-state index in [4.69, 9.17) is 4.98 Å². The molecule has 0 unspecified atom stereocenters. The highest BCUT2D eigenvalue weighted by molar-refractivity contribution is 5.30. The molecule has 2 aliphatic rings. The normalized spacial score (nSPS) is 21.2. The molecule has 1 aliphatic heterocycles. The van der Waals surface area contributed by atoms with E-state index in [0.717, 1.165) is 26.1 Å². The largest absolute Gasteiger partial charge is 0.309 e. The van der Waals surface area contributed by atoms with Crippen molar-refractivity contribution in [3.8, 4) is 0 Å². The summed E-state index contributed by atoms with van der Waals surface area (Å²) in [6.45, 7) is 4.43. The van der Waals surface area contributed by atoms with Gasteiger partial charge in [-0.3, -0.25) is 9.88 Å². The summed E-state index contributed by atoms with van der Waals surface area (Å²) in [5.41, 5.74) is 5.78. The highest BCUT2D eigenvalue weighted by atomic mass is 15.2. The number of nitrogens with zero attached hydrogens (tertiary/aromatic N) is 3. The van der Waals surface area contributed by atoms with Gasteiger partial charge in [0.2, 0.25) is 0 Å². The van der Waals surface area contributed by atoms with Gasteiger partial charge in [0, 0.05) is 25.3 Å². The predicted molar refractivity (Wildman–Crippen MR) is 120 cm³/mol. The summed E-state index contributed by atoms with van der Waals surface area (Å²) in [4.78, 5) is 9.87. The van der Waals surface area contributed by atoms with Crippen molar-refractivity contribution >= 4 is 0 Å². The molecule has 1 aromatic carbocycles. The lowest BCUT2D eigenvalue weighted by atomic mass is 9.89. The minimum absolute atomic E-state index is 0.471. The van der Waals surface area contributed by atoms with Gasteiger partial charge in [0.15, 0.2) is 0 Å². The van der Waals surface area contributed by atoms with Gasteiger partial charge in [-0.25, -0.2) is 0 Å². The van der Waals surface area contributed by atoms with Crippen molar-refractivity contribution in [2.75, 3.05) is 33.7 Å². The first-order valence-corrected chi connectivity index (χ1v) is 11.3. The third kappa shape index (κ3) is 5.25. The molecular formula is C25H36N4. The number of hydrogen-bond donors (Lipinski definition) is 1. The molecule has 0 saturated heterocycles. The van der Waals surface area contributed by atoms with E-state index in [1.807, 2.05) is 6.20 Å². The van der Waals surface area contributed by atoms with Crippen LogP contribution in [0.3, 0.4) is 0 Å². The number of fused-ring (bicyclic) bond motifs is 2. The third-order valence-electron chi connectivity index (χ3n) is 6.53. The van der Waals surface area contributed by atoms with Gasteiger partial charge in [0.1, 0.15) is 0 Å². The zero-order chi connectivity index (χ0) is 20.1. The van der Waals surface area contributed by atoms with E-state index in [1.165, 1.54) is 61.0 Å². The van der Waals surface area contributed by atoms with E-state index in [1.54, 1.807) is 0 Å². The van der Waals surface area contributed by atoms with Gasteiger partial charge in [-0.15, -0.1) is 0 Å². The Bertz CT molecular complexity index is 788. The van der Waals surface area contributed by atoms with Gasteiger partial charge in [-0.1, -0.05) is 30.3 Å². The van der Waals surface area contributed by atoms with Crippen molar-refractivity contribution in [3.63, 3.8) is 0 Å². The molecule has 1 aliphatic carbocycles. The summed E-state index contributed by atoms with van der Waals surface area (Å²) in [7, 11) is 4.34. The van der Waals surface area contributed by atoms with E-state index in [-0.39, 0.29) is 0 Å². The Morgan fingerprint density at radius 1 is 1.00 bits per heavy atom. The van der Waals surface area contributed by atoms with Crippen LogP contribution in [0.5, 0.6) is 0 Å². The number of unbranched alkanes of at least 4 members (excludes halogenated alkanes) is 1. The van der Waals surface area contributed by atoms with Crippen LogP contribution in [-0.2, 0) is 19.4 Å². The Kier molecular flexibility index (Phi) is 6.96. The maximum atomic E-state index is 4.84. The third-order valence-corrected chi connectivity index (χ3v) is 6.53. The molecule has 4 heteroatoms. The number of rotatable bonds is 8. The molecule has 156 valence electrons. The summed E-state index contributed by atoms with van der Waals surface area (Å²) >= 11 is 0. The molecule has 0 bridgehead atoms. The number of benzene rings is 1. The Morgan fingerprint density at radius 2 is 1.79 bits per heavy atom. The van der Waals surface area contributed by atoms with Crippen molar-refractivity contribution in [1.82, 2.24) is 20.1 Å². The lowest BCUT2D eigenvalue weighted by Gasteiger charge is -2.38. The molecule has 1 aromatic heterocycles. The van der Waals surface area contributed by atoms with Crippen LogP contribution in [0.2, 0.25) is 0 Å². The van der Waals surface area contributed by atoms with Crippen LogP contribution in [-0.4, -0.2) is 54.6 Å². The first-order chi connectivity index (χ1) is 14.2. The van der Waals surface area contributed by atoms with E-state index < -0.39 is 0 Å². The minimum atomic E-state index is 0.471. The Labute approximate surface area is 176 Å². The summed E-state index contributed by atoms with van der Waals surface area (Å²) in [6.07, 6.45) is 9.32. The van der Waals surface area contributed by atoms with Crippen LogP contribution in [0.4, 0.5) is 0 Å². The molecule has 2 aromatic rings. The predicted octanol–water partition coefficient (Wildman–Crippen LogP) is 3.82. The summed E-state index contributed by atoms with van der Waals surface area (Å²) in [6, 6.07) is 14.3. The fraction of sp³-hybridized carbons (Fsp3) is 0.560. The van der Waals surface area contributed by atoms with Crippen LogP contribution in [0, 0.1) is 0 Å². The molecule has 4 rings (SSSR count). The number of nitrogens with one attached hydrogen (secondary N) is 1. The average molecular weight is 393 g/mol. The van der Waals surface area contributed by atoms with Gasteiger partial charge < -0.3 is 10.2 Å². The highest BCUT2D eigenvalue weighted by Gasteiger charge is 2.29. The minimum Gasteiger partial charge on any atom is -0.309 e. The van der Waals surface area contributed by atoms with Gasteiger partial charge in [-0.05, 0) is 88.5 Å². The molecule has 1 N–H and O–H groups in total. The standard InChI is InChI=1S/C25H36N4/c1-28(2)15-5-6-16-29(24-13-7-11-20-12-8-14-26-25(20)24)19-23-17-21-9-3-4-10-22(21)18-27-23/h3-4,8-10,12,14,23-24,27H,5-7,11,13,15-19H2,1-2H3/t23-,24+/m1/s1. The van der Waals surface area contributed by atoms with Gasteiger partial charge in [-0.2, -0.15) is 0 Å². The van der Waals surface area contributed by atoms with E-state index >= 15 is 0 Å². The maximum Gasteiger partial charge on any atom is 0.0607 e. The lowest BCUT2D eigenvalue weighted by molar-refractivity contribution is 0.149. The summed E-state index contributed by atoms with van der Waals surface area (Å²) in [5, 5.41) is 3.81. The Balaban J connectivity index is 1.47. The van der Waals surface area contributed by atoms with Gasteiger partial charge >= 0.3 is 0 Å². The fourth-order valence-electron chi connectivity index (χ4n) is 4.99. The zero-order valence-electron chi connectivity index (χ0n) is 18.1. The van der Waals surface area contributed by atoms with Crippen LogP contribution < -0.4 is 5.32 Å². The molecule has 0 amide bonds. The Morgan fingerprint density at radius 3 is 2.66 bits per heavy atom. The quantitative estimate of drug-likeness (QED) is 0.692. The molecule has 2 heterocycles. The molecule has 2 atom stereocenters. The molecule has 4 nitrogen and oxygen atoms in total. The maximum absolute atomic E-state index is 4.84. The number of aromatic nitrogens is 1. The van der Waals surface area contributed by atoms with E-state index in [0.29, 0.717) is 12.1 Å². The molecule has 0 fully saturated rings. The smallest absolute Gasteiger partial charge is 0.0607 e. The SMILES string of the molecule is CN(C)CCCCN(C[C@H]1Cc2ccccc2CN1)[C@H]1CCCc2cccnc21. The first-order valence-electron chi connectivity index (χ1n) is 11.3. The van der Waals surface area contributed by atoms with Crippen molar-refractivity contribution in [1.29, 1.82) is 0 Å². The van der Waals surface area contributed by atoms with Gasteiger partial charge in [0.25, 0.3) is 0 Å². The van der Waals surface area contributed by atoms with Crippen LogP contribution in [0.1, 0.15) is 54.1 Å². The highest BCUT2D eigenvalue weighted by Crippen LogP contribution is 2.33. The lowest BCUT2D eigenvalue weighted by Crippen LogP contribution is -2.46. The van der Waals surface area contributed by atoms with Gasteiger partial charge in [0.05, 0.1) is 11.7 Å². The number of pyridine rings is 1. The van der Waals surface area contributed by atoms with Crippen molar-refractivity contribution in [3.05, 3.63) is 65.0 Å². The molecule has 29 heavy (non-hydrogen) atoms. The first kappa shape index (κ1) is 20.5. The molecule has 0 radical (unpaired) electrons. The van der Waals surface area contributed by atoms with E-state index in [2.05, 4.69) is 65.6 Å². The fourth-order valence-corrected chi connectivity index (χ4v) is 4.99. The monoisotopic (exact) mass is 392 g/mol. The van der Waals surface area contributed by atoms with Crippen LogP contribution >= 0.6 is 0 Å². The zero-order valence-corrected chi connectivity index (χ0v) is 18.1. The Hall–Kier alpha value is -1.75. The summed E-state index contributed by atoms with van der Waals surface area (Å²) < 4.78 is 0. The second kappa shape index (κ2) is 9.84. The van der Waals surface area contributed by atoms with Crippen molar-refractivity contribution in [2.24, 2.45) is 0 Å². The second-order valence-corrected chi connectivity index (χ2v) is 9.01. The second-order valence-electron chi connectivity index (χ2n) is 9.01.